The van der Waals surface area contributed by atoms with Crippen molar-refractivity contribution in [2.45, 2.75) is 26.5 Å². The van der Waals surface area contributed by atoms with Gasteiger partial charge in [0.25, 0.3) is 0 Å². The minimum absolute atomic E-state index is 0.0458. The maximum Gasteiger partial charge on any atom is 0.124 e. The second-order valence-corrected chi connectivity index (χ2v) is 5.55. The largest absolute Gasteiger partial charge is 0.489 e. The molecule has 0 aliphatic rings. The van der Waals surface area contributed by atoms with Crippen molar-refractivity contribution in [3.63, 3.8) is 0 Å². The number of pyridine rings is 1. The molecule has 0 amide bonds. The van der Waals surface area contributed by atoms with Gasteiger partial charge in [-0.25, -0.2) is 0 Å². The van der Waals surface area contributed by atoms with Crippen molar-refractivity contribution in [3.05, 3.63) is 57.8 Å². The summed E-state index contributed by atoms with van der Waals surface area (Å²) in [5, 5.41) is 0. The van der Waals surface area contributed by atoms with Crippen molar-refractivity contribution in [1.29, 1.82) is 0 Å². The van der Waals surface area contributed by atoms with Crippen LogP contribution in [0.2, 0.25) is 0 Å². The van der Waals surface area contributed by atoms with E-state index in [4.69, 9.17) is 10.5 Å². The van der Waals surface area contributed by atoms with Gasteiger partial charge in [-0.05, 0) is 41.9 Å². The highest BCUT2D eigenvalue weighted by Crippen LogP contribution is 2.26. The Morgan fingerprint density at radius 2 is 2.11 bits per heavy atom. The lowest BCUT2D eigenvalue weighted by molar-refractivity contribution is 0.301. The molecule has 1 aromatic heterocycles. The van der Waals surface area contributed by atoms with E-state index in [1.165, 1.54) is 5.56 Å². The Labute approximate surface area is 121 Å². The zero-order valence-electron chi connectivity index (χ0n) is 11.1. The van der Waals surface area contributed by atoms with Crippen LogP contribution in [-0.4, -0.2) is 4.98 Å². The van der Waals surface area contributed by atoms with E-state index in [1.54, 1.807) is 12.4 Å². The Morgan fingerprint density at radius 1 is 1.32 bits per heavy atom. The molecule has 0 spiro atoms. The van der Waals surface area contributed by atoms with Gasteiger partial charge >= 0.3 is 0 Å². The number of nitrogens with zero attached hydrogens (tertiary/aromatic N) is 1. The number of nitrogens with two attached hydrogens (primary N) is 1. The van der Waals surface area contributed by atoms with Gasteiger partial charge in [0.1, 0.15) is 12.4 Å². The number of hydrogen-bond acceptors (Lipinski definition) is 3. The molecular weight excluding hydrogens is 304 g/mol. The first-order valence-corrected chi connectivity index (χ1v) is 6.94. The normalized spacial score (nSPS) is 12.2. The van der Waals surface area contributed by atoms with E-state index in [0.29, 0.717) is 6.61 Å². The fourth-order valence-electron chi connectivity index (χ4n) is 1.85. The summed E-state index contributed by atoms with van der Waals surface area (Å²) in [6.45, 7) is 4.49. The van der Waals surface area contributed by atoms with E-state index in [-0.39, 0.29) is 6.04 Å². The number of halogens is 1. The summed E-state index contributed by atoms with van der Waals surface area (Å²) in [6, 6.07) is 8.02. The van der Waals surface area contributed by atoms with Crippen molar-refractivity contribution in [3.8, 4) is 5.75 Å². The van der Waals surface area contributed by atoms with Gasteiger partial charge < -0.3 is 10.5 Å². The molecule has 3 nitrogen and oxygen atoms in total. The third-order valence-corrected chi connectivity index (χ3v) is 3.25. The molecule has 0 saturated heterocycles. The molecule has 1 heterocycles. The number of benzene rings is 1. The fraction of sp³-hybridized carbons (Fsp3) is 0.267. The third kappa shape index (κ3) is 3.78. The van der Waals surface area contributed by atoms with Gasteiger partial charge in [0.2, 0.25) is 0 Å². The molecule has 1 aromatic carbocycles. The fourth-order valence-corrected chi connectivity index (χ4v) is 2.26. The first-order chi connectivity index (χ1) is 9.06. The lowest BCUT2D eigenvalue weighted by atomic mass is 10.1. The summed E-state index contributed by atoms with van der Waals surface area (Å²) in [7, 11) is 0. The highest BCUT2D eigenvalue weighted by Gasteiger charge is 2.08. The summed E-state index contributed by atoms with van der Waals surface area (Å²) >= 11 is 3.40. The first-order valence-electron chi connectivity index (χ1n) is 6.14. The molecule has 4 heteroatoms. The van der Waals surface area contributed by atoms with E-state index < -0.39 is 0 Å². The zero-order valence-corrected chi connectivity index (χ0v) is 12.6. The van der Waals surface area contributed by atoms with Crippen LogP contribution in [0.5, 0.6) is 5.75 Å². The second kappa shape index (κ2) is 6.17. The van der Waals surface area contributed by atoms with E-state index in [9.17, 15) is 0 Å². The molecule has 0 radical (unpaired) electrons. The molecule has 1 unspecified atom stereocenters. The number of aromatic nitrogens is 1. The van der Waals surface area contributed by atoms with Crippen LogP contribution < -0.4 is 10.5 Å². The van der Waals surface area contributed by atoms with Gasteiger partial charge in [0, 0.05) is 34.0 Å². The Kier molecular flexibility index (Phi) is 4.56. The Bertz CT molecular complexity index is 570. The quantitative estimate of drug-likeness (QED) is 0.933. The number of hydrogen-bond donors (Lipinski definition) is 1. The van der Waals surface area contributed by atoms with Crippen LogP contribution in [0.4, 0.5) is 0 Å². The maximum atomic E-state index is 5.98. The summed E-state index contributed by atoms with van der Waals surface area (Å²) in [5.74, 6) is 0.834. The molecule has 19 heavy (non-hydrogen) atoms. The molecule has 0 aliphatic heterocycles. The van der Waals surface area contributed by atoms with Crippen LogP contribution >= 0.6 is 15.9 Å². The van der Waals surface area contributed by atoms with Crippen molar-refractivity contribution in [2.24, 2.45) is 5.73 Å². The Morgan fingerprint density at radius 3 is 2.79 bits per heavy atom. The molecule has 0 aliphatic carbocycles. The van der Waals surface area contributed by atoms with E-state index >= 15 is 0 Å². The van der Waals surface area contributed by atoms with E-state index in [0.717, 1.165) is 21.3 Å². The lowest BCUT2D eigenvalue weighted by Crippen LogP contribution is -2.08. The predicted molar refractivity (Wildman–Crippen MR) is 80.1 cm³/mol. The minimum atomic E-state index is -0.0458. The van der Waals surface area contributed by atoms with Crippen LogP contribution in [0, 0.1) is 6.92 Å². The minimum Gasteiger partial charge on any atom is -0.489 e. The van der Waals surface area contributed by atoms with Gasteiger partial charge in [-0.15, -0.1) is 0 Å². The molecule has 0 bridgehead atoms. The molecule has 1 atom stereocenters. The van der Waals surface area contributed by atoms with Crippen LogP contribution in [0.3, 0.4) is 0 Å². The Hall–Kier alpha value is -1.39. The topological polar surface area (TPSA) is 48.1 Å². The first kappa shape index (κ1) is 14.0. The van der Waals surface area contributed by atoms with Crippen molar-refractivity contribution in [1.82, 2.24) is 4.98 Å². The molecule has 0 saturated carbocycles. The number of aryl methyl sites for hydroxylation is 1. The maximum absolute atomic E-state index is 5.98. The number of ether oxygens (including phenoxy) is 1. The molecule has 100 valence electrons. The van der Waals surface area contributed by atoms with Gasteiger partial charge in [-0.3, -0.25) is 4.98 Å². The molecule has 2 rings (SSSR count). The molecule has 0 fully saturated rings. The monoisotopic (exact) mass is 320 g/mol. The molecule has 2 aromatic rings. The lowest BCUT2D eigenvalue weighted by Gasteiger charge is -2.15. The zero-order chi connectivity index (χ0) is 13.8. The smallest absolute Gasteiger partial charge is 0.124 e. The van der Waals surface area contributed by atoms with Crippen molar-refractivity contribution in [2.75, 3.05) is 0 Å². The van der Waals surface area contributed by atoms with Crippen LogP contribution in [0.25, 0.3) is 0 Å². The van der Waals surface area contributed by atoms with Gasteiger partial charge in [0.05, 0.1) is 0 Å². The van der Waals surface area contributed by atoms with E-state index in [2.05, 4.69) is 27.0 Å². The van der Waals surface area contributed by atoms with Crippen LogP contribution in [-0.2, 0) is 6.61 Å². The molecular formula is C15H17BrN2O. The van der Waals surface area contributed by atoms with E-state index in [1.807, 2.05) is 32.0 Å². The van der Waals surface area contributed by atoms with Gasteiger partial charge in [-0.1, -0.05) is 17.7 Å². The van der Waals surface area contributed by atoms with Gasteiger partial charge in [0.15, 0.2) is 0 Å². The third-order valence-electron chi connectivity index (χ3n) is 2.81. The van der Waals surface area contributed by atoms with Crippen LogP contribution in [0.15, 0.2) is 41.1 Å². The Balaban J connectivity index is 2.15. The average Bonchev–Trinajstić information content (AvgIpc) is 2.37. The average molecular weight is 321 g/mol. The summed E-state index contributed by atoms with van der Waals surface area (Å²) in [5.41, 5.74) is 9.21. The molecule has 2 N–H and O–H groups in total. The highest BCUT2D eigenvalue weighted by molar-refractivity contribution is 9.10. The summed E-state index contributed by atoms with van der Waals surface area (Å²) < 4.78 is 6.80. The highest BCUT2D eigenvalue weighted by atomic mass is 79.9. The summed E-state index contributed by atoms with van der Waals surface area (Å²) in [4.78, 5) is 4.12. The predicted octanol–water partition coefficient (Wildman–Crippen LogP) is 3.75. The van der Waals surface area contributed by atoms with Crippen molar-refractivity contribution < 1.29 is 4.74 Å². The van der Waals surface area contributed by atoms with Gasteiger partial charge in [-0.2, -0.15) is 0 Å². The summed E-state index contributed by atoms with van der Waals surface area (Å²) in [6.07, 6.45) is 3.55. The van der Waals surface area contributed by atoms with Crippen molar-refractivity contribution >= 4 is 15.9 Å². The SMILES string of the molecule is Cc1ccc(OCc2cncc(Br)c2)c(C(C)N)c1. The van der Waals surface area contributed by atoms with Crippen LogP contribution in [0.1, 0.15) is 29.7 Å². The number of rotatable bonds is 4. The second-order valence-electron chi connectivity index (χ2n) is 4.63. The standard InChI is InChI=1S/C15H17BrN2O/c1-10-3-4-15(14(5-10)11(2)17)19-9-12-6-13(16)8-18-7-12/h3-8,11H,9,17H2,1-2H3.